The third kappa shape index (κ3) is 2.86. The molecule has 3 heterocycles. The zero-order valence-corrected chi connectivity index (χ0v) is 13.2. The van der Waals surface area contributed by atoms with E-state index in [1.807, 2.05) is 0 Å². The lowest BCUT2D eigenvalue weighted by Gasteiger charge is -2.22. The molecule has 1 aliphatic carbocycles. The Bertz CT molecular complexity index is 723. The Morgan fingerprint density at radius 2 is 2.17 bits per heavy atom. The lowest BCUT2D eigenvalue weighted by molar-refractivity contribution is -0.119. The van der Waals surface area contributed by atoms with Gasteiger partial charge in [0.1, 0.15) is 6.04 Å². The van der Waals surface area contributed by atoms with Crippen molar-refractivity contribution in [2.45, 2.75) is 37.6 Å². The van der Waals surface area contributed by atoms with Crippen LogP contribution in [-0.4, -0.2) is 39.3 Å². The van der Waals surface area contributed by atoms with Gasteiger partial charge < -0.3 is 14.6 Å². The van der Waals surface area contributed by atoms with Crippen LogP contribution in [0.15, 0.2) is 22.2 Å². The van der Waals surface area contributed by atoms with Gasteiger partial charge in [0, 0.05) is 24.0 Å². The lowest BCUT2D eigenvalue weighted by Crippen LogP contribution is -2.43. The van der Waals surface area contributed by atoms with E-state index in [2.05, 4.69) is 15.3 Å². The normalized spacial score (nSPS) is 20.7. The third-order valence-corrected chi connectivity index (χ3v) is 4.83. The SMILES string of the molecule is O=C(Nc1nccs1)C1CCCN1C(=O)c1cnc(C2CC2)o1. The number of hydrogen-bond acceptors (Lipinski definition) is 6. The van der Waals surface area contributed by atoms with Gasteiger partial charge in [-0.1, -0.05) is 0 Å². The summed E-state index contributed by atoms with van der Waals surface area (Å²) in [5.74, 6) is 0.755. The predicted molar refractivity (Wildman–Crippen MR) is 83.3 cm³/mol. The second kappa shape index (κ2) is 5.77. The maximum atomic E-state index is 12.6. The van der Waals surface area contributed by atoms with Crippen LogP contribution in [-0.2, 0) is 4.79 Å². The van der Waals surface area contributed by atoms with E-state index in [1.54, 1.807) is 16.5 Å². The number of likely N-dealkylation sites (tertiary alicyclic amines) is 1. The maximum absolute atomic E-state index is 12.6. The van der Waals surface area contributed by atoms with Crippen LogP contribution in [0.5, 0.6) is 0 Å². The molecule has 2 aliphatic rings. The summed E-state index contributed by atoms with van der Waals surface area (Å²) < 4.78 is 5.57. The monoisotopic (exact) mass is 332 g/mol. The largest absolute Gasteiger partial charge is 0.435 e. The molecule has 0 spiro atoms. The minimum atomic E-state index is -0.485. The molecule has 2 aromatic rings. The molecule has 1 saturated carbocycles. The number of nitrogens with zero attached hydrogens (tertiary/aromatic N) is 3. The van der Waals surface area contributed by atoms with Crippen LogP contribution in [0.1, 0.15) is 48.0 Å². The molecule has 1 unspecified atom stereocenters. The molecule has 120 valence electrons. The summed E-state index contributed by atoms with van der Waals surface area (Å²) in [6.45, 7) is 0.550. The summed E-state index contributed by atoms with van der Waals surface area (Å²) in [7, 11) is 0. The lowest BCUT2D eigenvalue weighted by atomic mass is 10.2. The Morgan fingerprint density at radius 3 is 2.91 bits per heavy atom. The highest BCUT2D eigenvalue weighted by Gasteiger charge is 2.37. The Kier molecular flexibility index (Phi) is 3.60. The molecule has 0 radical (unpaired) electrons. The van der Waals surface area contributed by atoms with E-state index in [0.717, 1.165) is 19.3 Å². The molecular weight excluding hydrogens is 316 g/mol. The number of nitrogens with one attached hydrogen (secondary N) is 1. The third-order valence-electron chi connectivity index (χ3n) is 4.14. The molecule has 0 bridgehead atoms. The van der Waals surface area contributed by atoms with E-state index in [0.29, 0.717) is 29.9 Å². The van der Waals surface area contributed by atoms with Gasteiger partial charge in [-0.05, 0) is 25.7 Å². The topological polar surface area (TPSA) is 88.3 Å². The Labute approximate surface area is 136 Å². The van der Waals surface area contributed by atoms with Crippen LogP contribution in [0.25, 0.3) is 0 Å². The quantitative estimate of drug-likeness (QED) is 0.927. The fraction of sp³-hybridized carbons (Fsp3) is 0.467. The highest BCUT2D eigenvalue weighted by atomic mass is 32.1. The summed E-state index contributed by atoms with van der Waals surface area (Å²) in [4.78, 5) is 34.8. The first-order valence-corrected chi connectivity index (χ1v) is 8.57. The van der Waals surface area contributed by atoms with E-state index >= 15 is 0 Å². The van der Waals surface area contributed by atoms with Crippen molar-refractivity contribution >= 4 is 28.3 Å². The van der Waals surface area contributed by atoms with Crippen LogP contribution >= 0.6 is 11.3 Å². The maximum Gasteiger partial charge on any atom is 0.291 e. The first-order chi connectivity index (χ1) is 11.2. The van der Waals surface area contributed by atoms with E-state index < -0.39 is 6.04 Å². The van der Waals surface area contributed by atoms with Gasteiger partial charge in [-0.2, -0.15) is 0 Å². The second-order valence-electron chi connectivity index (χ2n) is 5.82. The fourth-order valence-electron chi connectivity index (χ4n) is 2.80. The minimum absolute atomic E-state index is 0.201. The number of rotatable bonds is 4. The number of oxazole rings is 1. The molecule has 4 rings (SSSR count). The summed E-state index contributed by atoms with van der Waals surface area (Å²) in [6.07, 6.45) is 6.68. The highest BCUT2D eigenvalue weighted by Crippen LogP contribution is 2.39. The van der Waals surface area contributed by atoms with Crippen molar-refractivity contribution < 1.29 is 14.0 Å². The van der Waals surface area contributed by atoms with Crippen LogP contribution in [0.4, 0.5) is 5.13 Å². The van der Waals surface area contributed by atoms with Crippen molar-refractivity contribution in [2.24, 2.45) is 0 Å². The first kappa shape index (κ1) is 14.4. The van der Waals surface area contributed by atoms with Crippen LogP contribution in [0.3, 0.4) is 0 Å². The van der Waals surface area contributed by atoms with Gasteiger partial charge in [-0.25, -0.2) is 9.97 Å². The molecular formula is C15H16N4O3S. The Hall–Kier alpha value is -2.22. The summed E-state index contributed by atoms with van der Waals surface area (Å²) in [6, 6.07) is -0.485. The number of carbonyl (C=O) groups excluding carboxylic acids is 2. The molecule has 2 amide bonds. The Morgan fingerprint density at radius 1 is 1.30 bits per heavy atom. The second-order valence-corrected chi connectivity index (χ2v) is 6.71. The summed E-state index contributed by atoms with van der Waals surface area (Å²) >= 11 is 1.35. The summed E-state index contributed by atoms with van der Waals surface area (Å²) in [5, 5.41) is 5.10. The molecule has 1 aliphatic heterocycles. The van der Waals surface area contributed by atoms with Gasteiger partial charge in [0.2, 0.25) is 11.7 Å². The fourth-order valence-corrected chi connectivity index (χ4v) is 3.34. The molecule has 23 heavy (non-hydrogen) atoms. The first-order valence-electron chi connectivity index (χ1n) is 7.69. The summed E-state index contributed by atoms with van der Waals surface area (Å²) in [5.41, 5.74) is 0. The van der Waals surface area contributed by atoms with Gasteiger partial charge >= 0.3 is 0 Å². The Balaban J connectivity index is 1.47. The van der Waals surface area contributed by atoms with Crippen molar-refractivity contribution in [3.05, 3.63) is 29.4 Å². The smallest absolute Gasteiger partial charge is 0.291 e. The number of amides is 2. The highest BCUT2D eigenvalue weighted by molar-refractivity contribution is 7.13. The van der Waals surface area contributed by atoms with Crippen molar-refractivity contribution in [1.82, 2.24) is 14.9 Å². The molecule has 2 aromatic heterocycles. The number of carbonyl (C=O) groups is 2. The average molecular weight is 332 g/mol. The number of anilines is 1. The number of hydrogen-bond donors (Lipinski definition) is 1. The van der Waals surface area contributed by atoms with E-state index in [9.17, 15) is 9.59 Å². The predicted octanol–water partition coefficient (Wildman–Crippen LogP) is 2.25. The number of thiazole rings is 1. The zero-order valence-electron chi connectivity index (χ0n) is 12.4. The molecule has 2 fully saturated rings. The minimum Gasteiger partial charge on any atom is -0.435 e. The van der Waals surface area contributed by atoms with Gasteiger partial charge in [0.25, 0.3) is 5.91 Å². The molecule has 1 saturated heterocycles. The molecule has 7 nitrogen and oxygen atoms in total. The van der Waals surface area contributed by atoms with Gasteiger partial charge in [0.05, 0.1) is 6.20 Å². The van der Waals surface area contributed by atoms with Gasteiger partial charge in [-0.3, -0.25) is 9.59 Å². The standard InChI is InChI=1S/C15H16N4O3S/c20-12(18-15-16-5-7-23-15)10-2-1-6-19(10)14(21)11-8-17-13(22-11)9-3-4-9/h5,7-10H,1-4,6H2,(H,16,18,20). The van der Waals surface area contributed by atoms with Gasteiger partial charge in [-0.15, -0.1) is 11.3 Å². The van der Waals surface area contributed by atoms with Crippen molar-refractivity contribution in [1.29, 1.82) is 0 Å². The van der Waals surface area contributed by atoms with Crippen molar-refractivity contribution in [3.8, 4) is 0 Å². The molecule has 8 heteroatoms. The van der Waals surface area contributed by atoms with Gasteiger partial charge in [0.15, 0.2) is 11.0 Å². The molecule has 1 N–H and O–H groups in total. The van der Waals surface area contributed by atoms with E-state index in [-0.39, 0.29) is 17.6 Å². The number of aromatic nitrogens is 2. The van der Waals surface area contributed by atoms with E-state index in [4.69, 9.17) is 4.42 Å². The van der Waals surface area contributed by atoms with Crippen molar-refractivity contribution in [2.75, 3.05) is 11.9 Å². The molecule has 1 atom stereocenters. The van der Waals surface area contributed by atoms with E-state index in [1.165, 1.54) is 17.5 Å². The van der Waals surface area contributed by atoms with Crippen LogP contribution < -0.4 is 5.32 Å². The zero-order chi connectivity index (χ0) is 15.8. The van der Waals surface area contributed by atoms with Crippen LogP contribution in [0.2, 0.25) is 0 Å². The van der Waals surface area contributed by atoms with Crippen LogP contribution in [0, 0.1) is 0 Å². The molecule has 0 aromatic carbocycles. The average Bonchev–Trinajstić information content (AvgIpc) is 3.03. The van der Waals surface area contributed by atoms with Crippen molar-refractivity contribution in [3.63, 3.8) is 0 Å².